The van der Waals surface area contributed by atoms with Crippen LogP contribution in [0, 0.1) is 5.41 Å². The molecule has 3 heterocycles. The van der Waals surface area contributed by atoms with Crippen molar-refractivity contribution in [3.05, 3.63) is 84.1 Å². The van der Waals surface area contributed by atoms with Crippen molar-refractivity contribution < 1.29 is 13.2 Å². The third-order valence-electron chi connectivity index (χ3n) is 6.97. The molecule has 8 nitrogen and oxygen atoms in total. The lowest BCUT2D eigenvalue weighted by Crippen LogP contribution is -2.34. The fraction of sp³-hybridized carbons (Fsp3) is 0.308. The highest BCUT2D eigenvalue weighted by molar-refractivity contribution is 7.88. The highest BCUT2D eigenvalue weighted by Gasteiger charge is 2.46. The number of nitrogens with one attached hydrogen (secondary N) is 1. The minimum Gasteiger partial charge on any atom is -0.397 e. The maximum absolute atomic E-state index is 13.0. The first-order chi connectivity index (χ1) is 16.8. The molecule has 2 aromatic carbocycles. The maximum atomic E-state index is 13.0. The molecule has 1 atom stereocenters. The fourth-order valence-electron chi connectivity index (χ4n) is 4.98. The Morgan fingerprint density at radius 3 is 2.46 bits per heavy atom. The summed E-state index contributed by atoms with van der Waals surface area (Å²) in [6, 6.07) is 20.0. The highest BCUT2D eigenvalue weighted by Crippen LogP contribution is 2.42. The molecule has 0 bridgehead atoms. The number of hydrogen-bond donors (Lipinski definition) is 2. The van der Waals surface area contributed by atoms with Crippen molar-refractivity contribution in [3.63, 3.8) is 0 Å². The molecule has 5 rings (SSSR count). The number of amides is 1. The van der Waals surface area contributed by atoms with Gasteiger partial charge in [0.05, 0.1) is 22.7 Å². The van der Waals surface area contributed by atoms with E-state index < -0.39 is 10.0 Å². The predicted molar refractivity (Wildman–Crippen MR) is 138 cm³/mol. The first-order valence-corrected chi connectivity index (χ1v) is 13.3. The van der Waals surface area contributed by atoms with E-state index in [2.05, 4.69) is 15.2 Å². The number of pyridine rings is 1. The number of benzene rings is 2. The van der Waals surface area contributed by atoms with E-state index in [1.54, 1.807) is 28.7 Å². The number of carbonyl (C=O) groups is 1. The van der Waals surface area contributed by atoms with E-state index in [9.17, 15) is 13.2 Å². The molecule has 0 saturated carbocycles. The van der Waals surface area contributed by atoms with Crippen LogP contribution in [0.4, 0.5) is 17.2 Å². The molecule has 35 heavy (non-hydrogen) atoms. The molecule has 9 heteroatoms. The van der Waals surface area contributed by atoms with E-state index in [0.29, 0.717) is 30.0 Å². The molecule has 1 spiro atoms. The van der Waals surface area contributed by atoms with E-state index in [0.717, 1.165) is 37.3 Å². The number of anilines is 3. The molecule has 1 unspecified atom stereocenters. The molecule has 1 amide bonds. The Kier molecular flexibility index (Phi) is 6.21. The van der Waals surface area contributed by atoms with Crippen LogP contribution in [0.2, 0.25) is 0 Å². The van der Waals surface area contributed by atoms with Gasteiger partial charge >= 0.3 is 0 Å². The Hall–Kier alpha value is -3.43. The van der Waals surface area contributed by atoms with Crippen molar-refractivity contribution >= 4 is 33.1 Å². The molecule has 2 aliphatic heterocycles. The van der Waals surface area contributed by atoms with Gasteiger partial charge in [0.2, 0.25) is 10.0 Å². The van der Waals surface area contributed by atoms with Crippen LogP contribution in [-0.4, -0.2) is 49.8 Å². The minimum atomic E-state index is -3.36. The number of carbonyl (C=O) groups excluding carboxylic acids is 1. The molecular weight excluding hydrogens is 462 g/mol. The standard InChI is InChI=1S/C26H29N5O3S/c27-22-8-4-5-9-23(22)29-25(32)21-10-11-24(28-16-21)30-14-12-26(18-30)13-15-31(19-26)35(33,34)17-20-6-2-1-3-7-20/h1-11,16H,12-15,17-19,27H2,(H,29,32). The zero-order valence-electron chi connectivity index (χ0n) is 19.4. The summed E-state index contributed by atoms with van der Waals surface area (Å²) in [6.45, 7) is 2.66. The monoisotopic (exact) mass is 491 g/mol. The SMILES string of the molecule is Nc1ccccc1NC(=O)c1ccc(N2CCC3(CCN(S(=O)(=O)Cc4ccccc4)C3)C2)nc1. The van der Waals surface area contributed by atoms with Crippen LogP contribution in [0.1, 0.15) is 28.8 Å². The lowest BCUT2D eigenvalue weighted by Gasteiger charge is -2.25. The van der Waals surface area contributed by atoms with Gasteiger partial charge in [-0.05, 0) is 42.7 Å². The third-order valence-corrected chi connectivity index (χ3v) is 8.77. The van der Waals surface area contributed by atoms with Gasteiger partial charge < -0.3 is 16.0 Å². The quantitative estimate of drug-likeness (QED) is 0.512. The fourth-order valence-corrected chi connectivity index (χ4v) is 6.62. The largest absolute Gasteiger partial charge is 0.397 e. The molecule has 2 saturated heterocycles. The number of nitrogens with zero attached hydrogens (tertiary/aromatic N) is 3. The molecule has 0 radical (unpaired) electrons. The van der Waals surface area contributed by atoms with E-state index >= 15 is 0 Å². The number of nitrogen functional groups attached to an aromatic ring is 1. The summed E-state index contributed by atoms with van der Waals surface area (Å²) in [5.74, 6) is 0.561. The van der Waals surface area contributed by atoms with E-state index in [-0.39, 0.29) is 17.1 Å². The Morgan fingerprint density at radius 2 is 1.71 bits per heavy atom. The zero-order valence-corrected chi connectivity index (χ0v) is 20.2. The van der Waals surface area contributed by atoms with E-state index in [1.807, 2.05) is 48.5 Å². The predicted octanol–water partition coefficient (Wildman–Crippen LogP) is 3.35. The summed E-state index contributed by atoms with van der Waals surface area (Å²) in [6.07, 6.45) is 3.33. The molecule has 2 aliphatic rings. The van der Waals surface area contributed by atoms with Crippen LogP contribution in [-0.2, 0) is 15.8 Å². The smallest absolute Gasteiger partial charge is 0.257 e. The van der Waals surface area contributed by atoms with Gasteiger partial charge in [-0.1, -0.05) is 42.5 Å². The molecule has 2 fully saturated rings. The second-order valence-electron chi connectivity index (χ2n) is 9.44. The summed E-state index contributed by atoms with van der Waals surface area (Å²) in [4.78, 5) is 19.3. The third kappa shape index (κ3) is 5.01. The molecular formula is C26H29N5O3S. The number of sulfonamides is 1. The molecule has 1 aromatic heterocycles. The van der Waals surface area contributed by atoms with Crippen molar-refractivity contribution in [3.8, 4) is 0 Å². The van der Waals surface area contributed by atoms with E-state index in [4.69, 9.17) is 5.73 Å². The molecule has 0 aliphatic carbocycles. The van der Waals surface area contributed by atoms with Crippen LogP contribution in [0.25, 0.3) is 0 Å². The lowest BCUT2D eigenvalue weighted by atomic mass is 9.87. The summed E-state index contributed by atoms with van der Waals surface area (Å²) in [7, 11) is -3.36. The minimum absolute atomic E-state index is 0.0351. The van der Waals surface area contributed by atoms with Gasteiger partial charge in [0.1, 0.15) is 5.82 Å². The topological polar surface area (TPSA) is 109 Å². The van der Waals surface area contributed by atoms with Crippen molar-refractivity contribution in [2.45, 2.75) is 18.6 Å². The normalized spacial score (nSPS) is 20.4. The second-order valence-corrected chi connectivity index (χ2v) is 11.4. The van der Waals surface area contributed by atoms with Crippen molar-refractivity contribution in [1.82, 2.24) is 9.29 Å². The van der Waals surface area contributed by atoms with Gasteiger partial charge in [0, 0.05) is 37.8 Å². The maximum Gasteiger partial charge on any atom is 0.257 e. The van der Waals surface area contributed by atoms with Crippen molar-refractivity contribution in [1.29, 1.82) is 0 Å². The summed E-state index contributed by atoms with van der Waals surface area (Å²) < 4.78 is 27.7. The Morgan fingerprint density at radius 1 is 0.971 bits per heavy atom. The Labute approximate surface area is 205 Å². The summed E-state index contributed by atoms with van der Waals surface area (Å²) >= 11 is 0. The number of para-hydroxylation sites is 2. The van der Waals surface area contributed by atoms with Crippen LogP contribution in [0.3, 0.4) is 0 Å². The van der Waals surface area contributed by atoms with Gasteiger partial charge in [-0.15, -0.1) is 0 Å². The number of nitrogens with two attached hydrogens (primary N) is 1. The first kappa shape index (κ1) is 23.3. The summed E-state index contributed by atoms with van der Waals surface area (Å²) in [5, 5.41) is 2.81. The molecule has 182 valence electrons. The zero-order chi connectivity index (χ0) is 24.5. The summed E-state index contributed by atoms with van der Waals surface area (Å²) in [5.41, 5.74) is 8.17. The number of hydrogen-bond acceptors (Lipinski definition) is 6. The average Bonchev–Trinajstić information content (AvgIpc) is 3.48. The Bertz CT molecular complexity index is 1310. The molecule has 3 aromatic rings. The second kappa shape index (κ2) is 9.31. The Balaban J connectivity index is 1.21. The van der Waals surface area contributed by atoms with Crippen molar-refractivity contribution in [2.75, 3.05) is 42.1 Å². The van der Waals surface area contributed by atoms with Gasteiger partial charge in [-0.2, -0.15) is 0 Å². The average molecular weight is 492 g/mol. The van der Waals surface area contributed by atoms with Gasteiger partial charge in [-0.25, -0.2) is 17.7 Å². The van der Waals surface area contributed by atoms with Crippen LogP contribution in [0.15, 0.2) is 72.9 Å². The van der Waals surface area contributed by atoms with E-state index in [1.165, 1.54) is 0 Å². The van der Waals surface area contributed by atoms with Crippen LogP contribution >= 0.6 is 0 Å². The van der Waals surface area contributed by atoms with Gasteiger partial charge in [0.15, 0.2) is 0 Å². The van der Waals surface area contributed by atoms with Gasteiger partial charge in [0.25, 0.3) is 5.91 Å². The lowest BCUT2D eigenvalue weighted by molar-refractivity contribution is 0.102. The molecule has 3 N–H and O–H groups in total. The first-order valence-electron chi connectivity index (χ1n) is 11.7. The highest BCUT2D eigenvalue weighted by atomic mass is 32.2. The van der Waals surface area contributed by atoms with Crippen LogP contribution < -0.4 is 16.0 Å². The van der Waals surface area contributed by atoms with Gasteiger partial charge in [-0.3, -0.25) is 4.79 Å². The number of rotatable bonds is 6. The number of aromatic nitrogens is 1. The van der Waals surface area contributed by atoms with Crippen LogP contribution in [0.5, 0.6) is 0 Å². The van der Waals surface area contributed by atoms with Crippen molar-refractivity contribution in [2.24, 2.45) is 5.41 Å².